The second-order valence-electron chi connectivity index (χ2n) is 5.23. The zero-order chi connectivity index (χ0) is 13.1. The number of nitrogens with zero attached hydrogens (tertiary/aromatic N) is 2. The van der Waals surface area contributed by atoms with E-state index in [1.54, 1.807) is 7.05 Å². The van der Waals surface area contributed by atoms with Crippen LogP contribution in [-0.4, -0.2) is 21.7 Å². The Morgan fingerprint density at radius 3 is 2.72 bits per heavy atom. The molecule has 2 rings (SSSR count). The van der Waals surface area contributed by atoms with Crippen LogP contribution in [0.1, 0.15) is 49.4 Å². The molecular formula is C13H22N4O. The molecule has 0 radical (unpaired) electrons. The summed E-state index contributed by atoms with van der Waals surface area (Å²) in [4.78, 5) is 12.1. The lowest BCUT2D eigenvalue weighted by Gasteiger charge is -2.28. The van der Waals surface area contributed by atoms with E-state index >= 15 is 0 Å². The molecule has 5 nitrogen and oxygen atoms in total. The van der Waals surface area contributed by atoms with Gasteiger partial charge in [-0.1, -0.05) is 19.3 Å². The van der Waals surface area contributed by atoms with Crippen molar-refractivity contribution < 1.29 is 4.79 Å². The van der Waals surface area contributed by atoms with Gasteiger partial charge in [0.25, 0.3) is 5.91 Å². The van der Waals surface area contributed by atoms with Crippen molar-refractivity contribution in [2.75, 3.05) is 5.73 Å². The highest BCUT2D eigenvalue weighted by molar-refractivity contribution is 5.98. The summed E-state index contributed by atoms with van der Waals surface area (Å²) in [5.41, 5.74) is 6.27. The molecule has 100 valence electrons. The number of aromatic nitrogens is 2. The number of carbonyl (C=O) groups excluding carboxylic acids is 1. The molecule has 1 aromatic heterocycles. The molecule has 1 aliphatic carbocycles. The summed E-state index contributed by atoms with van der Waals surface area (Å²) in [7, 11) is 1.73. The van der Waals surface area contributed by atoms with Crippen LogP contribution < -0.4 is 11.1 Å². The predicted molar refractivity (Wildman–Crippen MR) is 71.1 cm³/mol. The highest BCUT2D eigenvalue weighted by Crippen LogP contribution is 2.26. The van der Waals surface area contributed by atoms with Crippen LogP contribution in [0.2, 0.25) is 0 Å². The van der Waals surface area contributed by atoms with Gasteiger partial charge in [-0.3, -0.25) is 9.48 Å². The Bertz CT molecular complexity index is 421. The van der Waals surface area contributed by atoms with Crippen LogP contribution in [0.25, 0.3) is 0 Å². The summed E-state index contributed by atoms with van der Waals surface area (Å²) in [6.07, 6.45) is 7.83. The lowest BCUT2D eigenvalue weighted by atomic mass is 9.84. The van der Waals surface area contributed by atoms with Crippen molar-refractivity contribution in [2.45, 2.75) is 45.1 Å². The fraction of sp³-hybridized carbons (Fsp3) is 0.692. The van der Waals surface area contributed by atoms with E-state index in [0.717, 1.165) is 0 Å². The summed E-state index contributed by atoms with van der Waals surface area (Å²) < 4.78 is 1.51. The summed E-state index contributed by atoms with van der Waals surface area (Å²) in [5.74, 6) is 0.905. The van der Waals surface area contributed by atoms with Crippen LogP contribution in [0.4, 0.5) is 5.82 Å². The van der Waals surface area contributed by atoms with Gasteiger partial charge in [-0.15, -0.1) is 0 Å². The number of hydrogen-bond donors (Lipinski definition) is 2. The number of carbonyl (C=O) groups is 1. The highest BCUT2D eigenvalue weighted by Gasteiger charge is 2.23. The first kappa shape index (κ1) is 12.9. The molecule has 0 aliphatic heterocycles. The minimum atomic E-state index is -0.112. The van der Waals surface area contributed by atoms with E-state index in [1.807, 2.05) is 0 Å². The SMILES string of the molecule is CC(NC(=O)c1cnn(C)c1N)C1CCCCC1. The number of rotatable bonds is 3. The van der Waals surface area contributed by atoms with Gasteiger partial charge in [-0.25, -0.2) is 0 Å². The van der Waals surface area contributed by atoms with Crippen molar-refractivity contribution in [3.63, 3.8) is 0 Å². The highest BCUT2D eigenvalue weighted by atomic mass is 16.1. The number of nitrogen functional groups attached to an aromatic ring is 1. The van der Waals surface area contributed by atoms with Gasteiger partial charge in [0.2, 0.25) is 0 Å². The molecule has 1 fully saturated rings. The molecule has 18 heavy (non-hydrogen) atoms. The van der Waals surface area contributed by atoms with E-state index in [4.69, 9.17) is 5.73 Å². The van der Waals surface area contributed by atoms with E-state index < -0.39 is 0 Å². The smallest absolute Gasteiger partial charge is 0.256 e. The van der Waals surface area contributed by atoms with Gasteiger partial charge in [0, 0.05) is 13.1 Å². The van der Waals surface area contributed by atoms with Crippen LogP contribution >= 0.6 is 0 Å². The van der Waals surface area contributed by atoms with Crippen LogP contribution in [0.3, 0.4) is 0 Å². The fourth-order valence-electron chi connectivity index (χ4n) is 2.66. The molecule has 0 spiro atoms. The van der Waals surface area contributed by atoms with Crippen LogP contribution in [-0.2, 0) is 7.05 Å². The van der Waals surface area contributed by atoms with Crippen molar-refractivity contribution >= 4 is 11.7 Å². The van der Waals surface area contributed by atoms with E-state index in [0.29, 0.717) is 17.3 Å². The Balaban J connectivity index is 1.96. The van der Waals surface area contributed by atoms with Gasteiger partial charge in [-0.2, -0.15) is 5.10 Å². The van der Waals surface area contributed by atoms with Gasteiger partial charge in [-0.05, 0) is 25.7 Å². The molecule has 1 heterocycles. The van der Waals surface area contributed by atoms with E-state index in [2.05, 4.69) is 17.3 Å². The van der Waals surface area contributed by atoms with Crippen molar-refractivity contribution in [1.29, 1.82) is 0 Å². The van der Waals surface area contributed by atoms with Gasteiger partial charge in [0.1, 0.15) is 11.4 Å². The molecule has 1 saturated carbocycles. The Morgan fingerprint density at radius 1 is 1.50 bits per heavy atom. The Labute approximate surface area is 108 Å². The maximum Gasteiger partial charge on any atom is 0.256 e. The lowest BCUT2D eigenvalue weighted by Crippen LogP contribution is -2.39. The first-order valence-corrected chi connectivity index (χ1v) is 6.68. The second-order valence-corrected chi connectivity index (χ2v) is 5.23. The monoisotopic (exact) mass is 250 g/mol. The number of hydrogen-bond acceptors (Lipinski definition) is 3. The molecule has 3 N–H and O–H groups in total. The molecule has 0 aromatic carbocycles. The molecular weight excluding hydrogens is 228 g/mol. The van der Waals surface area contributed by atoms with Gasteiger partial charge >= 0.3 is 0 Å². The normalized spacial score (nSPS) is 18.6. The number of nitrogens with one attached hydrogen (secondary N) is 1. The summed E-state index contributed by atoms with van der Waals surface area (Å²) in [5, 5.41) is 7.04. The average molecular weight is 250 g/mol. The average Bonchev–Trinajstić information content (AvgIpc) is 2.71. The van der Waals surface area contributed by atoms with Gasteiger partial charge < -0.3 is 11.1 Å². The molecule has 1 aromatic rings. The Hall–Kier alpha value is -1.52. The minimum absolute atomic E-state index is 0.112. The molecule has 0 saturated heterocycles. The van der Waals surface area contributed by atoms with Crippen molar-refractivity contribution in [1.82, 2.24) is 15.1 Å². The quantitative estimate of drug-likeness (QED) is 0.857. The van der Waals surface area contributed by atoms with E-state index in [1.165, 1.54) is 43.0 Å². The number of amides is 1. The first-order chi connectivity index (χ1) is 8.59. The van der Waals surface area contributed by atoms with E-state index in [-0.39, 0.29) is 11.9 Å². The minimum Gasteiger partial charge on any atom is -0.383 e. The van der Waals surface area contributed by atoms with Crippen LogP contribution in [0.15, 0.2) is 6.20 Å². The third-order valence-electron chi connectivity index (χ3n) is 3.94. The molecule has 0 bridgehead atoms. The van der Waals surface area contributed by atoms with Crippen molar-refractivity contribution in [3.05, 3.63) is 11.8 Å². The first-order valence-electron chi connectivity index (χ1n) is 6.68. The third kappa shape index (κ3) is 2.66. The molecule has 1 atom stereocenters. The molecule has 1 unspecified atom stereocenters. The lowest BCUT2D eigenvalue weighted by molar-refractivity contribution is 0.0920. The van der Waals surface area contributed by atoms with Crippen LogP contribution in [0, 0.1) is 5.92 Å². The molecule has 1 aliphatic rings. The number of nitrogens with two attached hydrogens (primary N) is 1. The zero-order valence-corrected chi connectivity index (χ0v) is 11.1. The van der Waals surface area contributed by atoms with Gasteiger partial charge in [0.15, 0.2) is 0 Å². The number of anilines is 1. The van der Waals surface area contributed by atoms with Crippen molar-refractivity contribution in [3.8, 4) is 0 Å². The maximum atomic E-state index is 12.1. The third-order valence-corrected chi connectivity index (χ3v) is 3.94. The van der Waals surface area contributed by atoms with Gasteiger partial charge in [0.05, 0.1) is 6.20 Å². The zero-order valence-electron chi connectivity index (χ0n) is 11.1. The van der Waals surface area contributed by atoms with Crippen molar-refractivity contribution in [2.24, 2.45) is 13.0 Å². The Kier molecular flexibility index (Phi) is 3.89. The topological polar surface area (TPSA) is 72.9 Å². The summed E-state index contributed by atoms with van der Waals surface area (Å²) >= 11 is 0. The van der Waals surface area contributed by atoms with E-state index in [9.17, 15) is 4.79 Å². The summed E-state index contributed by atoms with van der Waals surface area (Å²) in [6.45, 7) is 2.08. The fourth-order valence-corrected chi connectivity index (χ4v) is 2.66. The number of aryl methyl sites for hydroxylation is 1. The second kappa shape index (κ2) is 5.42. The molecule has 1 amide bonds. The Morgan fingerprint density at radius 2 is 2.17 bits per heavy atom. The maximum absolute atomic E-state index is 12.1. The summed E-state index contributed by atoms with van der Waals surface area (Å²) in [6, 6.07) is 0.206. The largest absolute Gasteiger partial charge is 0.383 e. The predicted octanol–water partition coefficient (Wildman–Crippen LogP) is 1.70. The standard InChI is InChI=1S/C13H22N4O/c1-9(10-6-4-3-5-7-10)16-13(18)11-8-15-17(2)12(11)14/h8-10H,3-7,14H2,1-2H3,(H,16,18). The molecule has 5 heteroatoms. The van der Waals surface area contributed by atoms with Crippen LogP contribution in [0.5, 0.6) is 0 Å².